The second-order valence-corrected chi connectivity index (χ2v) is 5.33. The molecule has 9 heteroatoms. The lowest BCUT2D eigenvalue weighted by molar-refractivity contribution is -0.219. The number of alkyl halides is 1. The van der Waals surface area contributed by atoms with Crippen molar-refractivity contribution in [2.45, 2.75) is 31.3 Å². The summed E-state index contributed by atoms with van der Waals surface area (Å²) in [6.07, 6.45) is 0.848. The van der Waals surface area contributed by atoms with E-state index in [1.54, 1.807) is 6.08 Å². The fourth-order valence-electron chi connectivity index (χ4n) is 2.81. The first-order valence-electron chi connectivity index (χ1n) is 6.54. The number of aliphatic carboxylic acids is 1. The van der Waals surface area contributed by atoms with Gasteiger partial charge in [-0.1, -0.05) is 6.08 Å². The number of amides is 3. The molecule has 1 unspecified atom stereocenters. The van der Waals surface area contributed by atoms with Crippen LogP contribution in [-0.4, -0.2) is 58.0 Å². The van der Waals surface area contributed by atoms with Crippen LogP contribution < -0.4 is 5.73 Å². The number of primary amides is 1. The number of hydroxylamine groups is 2. The summed E-state index contributed by atoms with van der Waals surface area (Å²) < 4.78 is 13.2. The van der Waals surface area contributed by atoms with Crippen LogP contribution in [0.1, 0.15) is 12.8 Å². The number of urea groups is 1. The van der Waals surface area contributed by atoms with Crippen LogP contribution in [0.15, 0.2) is 11.6 Å². The molecule has 3 rings (SSSR count). The molecule has 1 saturated carbocycles. The minimum Gasteiger partial charge on any atom is -0.477 e. The summed E-state index contributed by atoms with van der Waals surface area (Å²) >= 11 is 0. The Labute approximate surface area is 118 Å². The molecule has 0 spiro atoms. The molecule has 3 aliphatic rings. The summed E-state index contributed by atoms with van der Waals surface area (Å²) in [4.78, 5) is 40.1. The smallest absolute Gasteiger partial charge is 0.368 e. The summed E-state index contributed by atoms with van der Waals surface area (Å²) in [5.74, 6) is -2.28. The van der Waals surface area contributed by atoms with E-state index in [-0.39, 0.29) is 12.5 Å². The van der Waals surface area contributed by atoms with Crippen LogP contribution >= 0.6 is 0 Å². The molecule has 2 fully saturated rings. The largest absolute Gasteiger partial charge is 0.477 e. The average Bonchev–Trinajstić information content (AvgIpc) is 3.23. The standard InChI is InChI=1S/C12H14FN3O5/c13-9(11(18)19)21-16-6-3-7(5-1-2-5)8(10(14)17)15(4-6)12(16)20/h3,5-6,8-9H,1-2,4H2,(H2,14,17)(H,18,19)/t6-,8+,9?/m1/s1. The first kappa shape index (κ1) is 13.8. The maximum Gasteiger partial charge on any atom is 0.368 e. The Balaban J connectivity index is 1.87. The minimum absolute atomic E-state index is 0.120. The number of hydrogen-bond donors (Lipinski definition) is 2. The topological polar surface area (TPSA) is 113 Å². The zero-order chi connectivity index (χ0) is 15.3. The normalized spacial score (nSPS) is 29.4. The molecule has 0 aromatic heterocycles. The predicted octanol–water partition coefficient (Wildman–Crippen LogP) is -0.392. The van der Waals surface area contributed by atoms with Crippen LogP contribution in [0.25, 0.3) is 0 Å². The summed E-state index contributed by atoms with van der Waals surface area (Å²) in [7, 11) is 0. The lowest BCUT2D eigenvalue weighted by atomic mass is 9.95. The van der Waals surface area contributed by atoms with E-state index in [1.807, 2.05) is 0 Å². The molecular formula is C12H14FN3O5. The highest BCUT2D eigenvalue weighted by molar-refractivity contribution is 5.91. The van der Waals surface area contributed by atoms with Gasteiger partial charge in [-0.25, -0.2) is 18.8 Å². The third kappa shape index (κ3) is 2.23. The molecule has 3 amide bonds. The van der Waals surface area contributed by atoms with Crippen LogP contribution in [0.4, 0.5) is 9.18 Å². The van der Waals surface area contributed by atoms with Crippen LogP contribution in [-0.2, 0) is 14.4 Å². The molecule has 114 valence electrons. The van der Waals surface area contributed by atoms with Crippen molar-refractivity contribution < 1.29 is 28.7 Å². The van der Waals surface area contributed by atoms with Crippen LogP contribution in [0.5, 0.6) is 0 Å². The van der Waals surface area contributed by atoms with E-state index in [4.69, 9.17) is 10.8 Å². The summed E-state index contributed by atoms with van der Waals surface area (Å²) in [5.41, 5.74) is 6.10. The Kier molecular flexibility index (Phi) is 3.08. The molecule has 8 nitrogen and oxygen atoms in total. The van der Waals surface area contributed by atoms with Gasteiger partial charge >= 0.3 is 18.4 Å². The number of nitrogens with zero attached hydrogens (tertiary/aromatic N) is 2. The van der Waals surface area contributed by atoms with Gasteiger partial charge in [0.25, 0.3) is 0 Å². The molecule has 21 heavy (non-hydrogen) atoms. The van der Waals surface area contributed by atoms with Crippen molar-refractivity contribution in [3.63, 3.8) is 0 Å². The Morgan fingerprint density at radius 1 is 1.48 bits per heavy atom. The minimum atomic E-state index is -2.64. The number of rotatable bonds is 5. The number of carbonyl (C=O) groups excluding carboxylic acids is 2. The Bertz CT molecular complexity index is 547. The van der Waals surface area contributed by atoms with Gasteiger partial charge < -0.3 is 15.7 Å². The summed E-state index contributed by atoms with van der Waals surface area (Å²) in [6.45, 7) is 0.120. The van der Waals surface area contributed by atoms with E-state index >= 15 is 0 Å². The van der Waals surface area contributed by atoms with Gasteiger partial charge in [0.2, 0.25) is 5.91 Å². The molecule has 0 aromatic carbocycles. The molecule has 0 aromatic rings. The predicted molar refractivity (Wildman–Crippen MR) is 65.1 cm³/mol. The van der Waals surface area contributed by atoms with Gasteiger partial charge in [0.05, 0.1) is 12.6 Å². The molecule has 2 aliphatic heterocycles. The van der Waals surface area contributed by atoms with Gasteiger partial charge in [-0.2, -0.15) is 5.06 Å². The highest BCUT2D eigenvalue weighted by Crippen LogP contribution is 2.43. The van der Waals surface area contributed by atoms with Crippen molar-refractivity contribution in [3.8, 4) is 0 Å². The van der Waals surface area contributed by atoms with Crippen molar-refractivity contribution in [1.82, 2.24) is 9.96 Å². The maximum atomic E-state index is 13.2. The van der Waals surface area contributed by atoms with Crippen molar-refractivity contribution >= 4 is 17.9 Å². The summed E-state index contributed by atoms with van der Waals surface area (Å²) in [5, 5.41) is 9.19. The number of hydrogen-bond acceptors (Lipinski definition) is 4. The van der Waals surface area contributed by atoms with E-state index in [9.17, 15) is 18.8 Å². The third-order valence-corrected chi connectivity index (χ3v) is 3.85. The van der Waals surface area contributed by atoms with Crippen molar-refractivity contribution in [3.05, 3.63) is 11.6 Å². The van der Waals surface area contributed by atoms with E-state index in [0.717, 1.165) is 18.4 Å². The second-order valence-electron chi connectivity index (χ2n) is 5.33. The van der Waals surface area contributed by atoms with Gasteiger partial charge in [0.1, 0.15) is 6.04 Å². The van der Waals surface area contributed by atoms with Gasteiger partial charge in [0, 0.05) is 0 Å². The third-order valence-electron chi connectivity index (χ3n) is 3.85. The molecule has 3 atom stereocenters. The van der Waals surface area contributed by atoms with Crippen molar-refractivity contribution in [1.29, 1.82) is 0 Å². The molecule has 0 radical (unpaired) electrons. The van der Waals surface area contributed by atoms with E-state index in [1.165, 1.54) is 4.90 Å². The van der Waals surface area contributed by atoms with E-state index in [2.05, 4.69) is 4.84 Å². The van der Waals surface area contributed by atoms with Crippen LogP contribution in [0.2, 0.25) is 0 Å². The monoisotopic (exact) mass is 299 g/mol. The molecule has 2 heterocycles. The SMILES string of the molecule is NC(=O)[C@@H]1C(C2CC2)=C[C@@H]2CN1C(=O)N2OC(F)C(=O)O. The quantitative estimate of drug-likeness (QED) is 0.671. The molecular weight excluding hydrogens is 285 g/mol. The molecule has 2 bridgehead atoms. The Hall–Kier alpha value is -2.16. The fourth-order valence-corrected chi connectivity index (χ4v) is 2.81. The number of nitrogens with two attached hydrogens (primary N) is 1. The van der Waals surface area contributed by atoms with Gasteiger partial charge in [-0.3, -0.25) is 4.79 Å². The lowest BCUT2D eigenvalue weighted by Crippen LogP contribution is -2.49. The number of carboxylic acids is 1. The van der Waals surface area contributed by atoms with Crippen molar-refractivity contribution in [2.24, 2.45) is 11.7 Å². The molecule has 1 aliphatic carbocycles. The number of halogens is 1. The van der Waals surface area contributed by atoms with E-state index in [0.29, 0.717) is 5.06 Å². The first-order chi connectivity index (χ1) is 9.90. The zero-order valence-corrected chi connectivity index (χ0v) is 10.9. The summed E-state index contributed by atoms with van der Waals surface area (Å²) in [6, 6.07) is -2.22. The Morgan fingerprint density at radius 3 is 2.67 bits per heavy atom. The number of fused-ring (bicyclic) bond motifs is 2. The molecule has 1 saturated heterocycles. The average molecular weight is 299 g/mol. The van der Waals surface area contributed by atoms with Gasteiger partial charge in [-0.05, 0) is 24.3 Å². The lowest BCUT2D eigenvalue weighted by Gasteiger charge is -2.29. The number of carboxylic acid groups (broad SMARTS) is 1. The highest BCUT2D eigenvalue weighted by atomic mass is 19.1. The fraction of sp³-hybridized carbons (Fsp3) is 0.583. The first-order valence-corrected chi connectivity index (χ1v) is 6.54. The van der Waals surface area contributed by atoms with Crippen molar-refractivity contribution in [2.75, 3.05) is 6.54 Å². The second kappa shape index (κ2) is 4.69. The zero-order valence-electron chi connectivity index (χ0n) is 10.9. The van der Waals surface area contributed by atoms with E-state index < -0.39 is 36.3 Å². The Morgan fingerprint density at radius 2 is 2.14 bits per heavy atom. The van der Waals surface area contributed by atoms with Crippen LogP contribution in [0, 0.1) is 5.92 Å². The van der Waals surface area contributed by atoms with Gasteiger partial charge in [-0.15, -0.1) is 0 Å². The maximum absolute atomic E-state index is 13.2. The number of carbonyl (C=O) groups is 3. The highest BCUT2D eigenvalue weighted by Gasteiger charge is 2.51. The van der Waals surface area contributed by atoms with Gasteiger partial charge in [0.15, 0.2) is 0 Å². The van der Waals surface area contributed by atoms with Crippen LogP contribution in [0.3, 0.4) is 0 Å². The molecule has 3 N–H and O–H groups in total.